The Labute approximate surface area is 201 Å². The molecule has 3 heterocycles. The number of rotatable bonds is 4. The summed E-state index contributed by atoms with van der Waals surface area (Å²) in [6.07, 6.45) is 3.50. The minimum Gasteiger partial charge on any atom is -0.482 e. The van der Waals surface area contributed by atoms with Crippen LogP contribution < -0.4 is 14.9 Å². The molecule has 0 atom stereocenters. The number of benzene rings is 2. The first-order valence-electron chi connectivity index (χ1n) is 10.8. The lowest BCUT2D eigenvalue weighted by atomic mass is 10.1. The first kappa shape index (κ1) is 21.8. The van der Waals surface area contributed by atoms with Crippen LogP contribution in [-0.4, -0.2) is 27.9 Å². The first-order valence-corrected chi connectivity index (χ1v) is 11.7. The molecule has 7 nitrogen and oxygen atoms in total. The average molecular weight is 470 g/mol. The molecular weight excluding hydrogens is 446 g/mol. The number of fused-ring (bicyclic) bond motifs is 1. The Morgan fingerprint density at radius 1 is 1.12 bits per heavy atom. The van der Waals surface area contributed by atoms with E-state index in [-0.39, 0.29) is 12.5 Å². The molecule has 2 aromatic carbocycles. The molecule has 0 unspecified atom stereocenters. The topological polar surface area (TPSA) is 80.9 Å². The van der Waals surface area contributed by atoms with E-state index in [1.807, 2.05) is 53.4 Å². The van der Waals surface area contributed by atoms with Gasteiger partial charge in [-0.05, 0) is 62.7 Å². The van der Waals surface area contributed by atoms with Gasteiger partial charge in [0, 0.05) is 28.9 Å². The summed E-state index contributed by atoms with van der Waals surface area (Å²) >= 11 is 1.51. The second-order valence-electron chi connectivity index (χ2n) is 8.09. The fraction of sp³-hybridized carbons (Fsp3) is 0.154. The molecule has 5 rings (SSSR count). The van der Waals surface area contributed by atoms with Crippen molar-refractivity contribution in [2.45, 2.75) is 20.8 Å². The number of hydrogen-bond donors (Lipinski definition) is 1. The highest BCUT2D eigenvalue weighted by Crippen LogP contribution is 2.33. The molecule has 1 amide bonds. The van der Waals surface area contributed by atoms with Crippen LogP contribution in [0.25, 0.3) is 11.3 Å². The Morgan fingerprint density at radius 3 is 2.74 bits per heavy atom. The van der Waals surface area contributed by atoms with Gasteiger partial charge in [-0.15, -0.1) is 11.3 Å². The molecule has 1 aliphatic rings. The number of hydrogen-bond acceptors (Lipinski definition) is 6. The molecule has 0 spiro atoms. The first-order chi connectivity index (χ1) is 16.5. The van der Waals surface area contributed by atoms with Gasteiger partial charge in [-0.25, -0.2) is 9.67 Å². The summed E-state index contributed by atoms with van der Waals surface area (Å²) in [5, 5.41) is 9.85. The zero-order valence-electron chi connectivity index (χ0n) is 19.1. The van der Waals surface area contributed by atoms with Crippen LogP contribution in [0.4, 0.5) is 11.4 Å². The van der Waals surface area contributed by atoms with Crippen molar-refractivity contribution in [3.63, 3.8) is 0 Å². The van der Waals surface area contributed by atoms with Crippen LogP contribution in [0.2, 0.25) is 0 Å². The normalized spacial score (nSPS) is 13.9. The number of thiazole rings is 1. The molecule has 0 saturated carbocycles. The average Bonchev–Trinajstić information content (AvgIpc) is 3.22. The van der Waals surface area contributed by atoms with Gasteiger partial charge in [-0.1, -0.05) is 17.7 Å². The van der Waals surface area contributed by atoms with E-state index in [4.69, 9.17) is 14.8 Å². The second kappa shape index (κ2) is 9.07. The maximum absolute atomic E-state index is 11.8. The van der Waals surface area contributed by atoms with Crippen LogP contribution >= 0.6 is 11.3 Å². The van der Waals surface area contributed by atoms with E-state index in [1.54, 1.807) is 12.4 Å². The van der Waals surface area contributed by atoms with Gasteiger partial charge in [0.05, 0.1) is 22.8 Å². The van der Waals surface area contributed by atoms with Crippen LogP contribution in [-0.2, 0) is 4.79 Å². The predicted octanol–water partition coefficient (Wildman–Crippen LogP) is 5.06. The molecule has 8 heteroatoms. The van der Waals surface area contributed by atoms with E-state index in [0.717, 1.165) is 38.6 Å². The highest BCUT2D eigenvalue weighted by molar-refractivity contribution is 7.07. The number of aryl methyl sites for hydroxylation is 2. The number of pyridine rings is 1. The SMILES string of the molecule is CC(=Nn1c(-c2ccc3c(c2)NC(=O)CO3)csc1=Nc1ccc(C)cc1C)c1ccncc1. The van der Waals surface area contributed by atoms with Crippen molar-refractivity contribution < 1.29 is 9.53 Å². The number of nitrogens with zero attached hydrogens (tertiary/aromatic N) is 4. The maximum Gasteiger partial charge on any atom is 0.262 e. The molecule has 0 aliphatic carbocycles. The largest absolute Gasteiger partial charge is 0.482 e. The lowest BCUT2D eigenvalue weighted by Gasteiger charge is -2.18. The lowest BCUT2D eigenvalue weighted by molar-refractivity contribution is -0.118. The van der Waals surface area contributed by atoms with Crippen molar-refractivity contribution in [3.8, 4) is 17.0 Å². The molecule has 4 aromatic rings. The number of carbonyl (C=O) groups excluding carboxylic acids is 1. The highest BCUT2D eigenvalue weighted by atomic mass is 32.1. The summed E-state index contributed by atoms with van der Waals surface area (Å²) in [6, 6.07) is 15.8. The molecule has 0 saturated heterocycles. The molecule has 170 valence electrons. The standard InChI is InChI=1S/C26H23N5O2S/c1-16-4-6-21(17(2)12-16)29-26-31(30-18(3)19-8-10-27-11-9-19)23(15-34-26)20-5-7-24-22(13-20)28-25(32)14-33-24/h4-13,15H,14H2,1-3H3,(H,28,32). The summed E-state index contributed by atoms with van der Waals surface area (Å²) in [5.74, 6) is 0.488. The van der Waals surface area contributed by atoms with Gasteiger partial charge in [0.15, 0.2) is 6.61 Å². The fourth-order valence-corrected chi connectivity index (χ4v) is 4.59. The number of ether oxygens (including phenoxy) is 1. The molecule has 2 aromatic heterocycles. The van der Waals surface area contributed by atoms with Crippen LogP contribution in [0.5, 0.6) is 5.75 Å². The van der Waals surface area contributed by atoms with Crippen molar-refractivity contribution in [1.29, 1.82) is 0 Å². The number of nitrogens with one attached hydrogen (secondary N) is 1. The number of carbonyl (C=O) groups is 1. The van der Waals surface area contributed by atoms with Crippen molar-refractivity contribution in [1.82, 2.24) is 9.66 Å². The van der Waals surface area contributed by atoms with Crippen molar-refractivity contribution in [2.75, 3.05) is 11.9 Å². The summed E-state index contributed by atoms with van der Waals surface area (Å²) in [5.41, 5.74) is 7.41. The van der Waals surface area contributed by atoms with Gasteiger partial charge in [-0.3, -0.25) is 9.78 Å². The van der Waals surface area contributed by atoms with E-state index in [2.05, 4.69) is 36.3 Å². The van der Waals surface area contributed by atoms with Crippen molar-refractivity contribution >= 4 is 34.3 Å². The predicted molar refractivity (Wildman–Crippen MR) is 135 cm³/mol. The number of aromatic nitrogens is 2. The van der Waals surface area contributed by atoms with Crippen LogP contribution in [0, 0.1) is 13.8 Å². The summed E-state index contributed by atoms with van der Waals surface area (Å²) in [4.78, 5) is 21.6. The monoisotopic (exact) mass is 469 g/mol. The van der Waals surface area contributed by atoms with Gasteiger partial charge >= 0.3 is 0 Å². The molecule has 1 aliphatic heterocycles. The molecule has 34 heavy (non-hydrogen) atoms. The van der Waals surface area contributed by atoms with E-state index >= 15 is 0 Å². The Hall–Kier alpha value is -4.04. The lowest BCUT2D eigenvalue weighted by Crippen LogP contribution is -2.25. The molecular formula is C26H23N5O2S. The minimum atomic E-state index is -0.167. The fourth-order valence-electron chi connectivity index (χ4n) is 3.75. The third-order valence-electron chi connectivity index (χ3n) is 5.51. The van der Waals surface area contributed by atoms with Gasteiger partial charge in [-0.2, -0.15) is 5.10 Å². The molecule has 1 N–H and O–H groups in total. The van der Waals surface area contributed by atoms with Crippen LogP contribution in [0.3, 0.4) is 0 Å². The Kier molecular flexibility index (Phi) is 5.81. The Morgan fingerprint density at radius 2 is 1.94 bits per heavy atom. The number of amides is 1. The minimum absolute atomic E-state index is 0.0269. The van der Waals surface area contributed by atoms with E-state index in [0.29, 0.717) is 11.4 Å². The van der Waals surface area contributed by atoms with Gasteiger partial charge in [0.1, 0.15) is 5.75 Å². The Balaban J connectivity index is 1.68. The molecule has 0 radical (unpaired) electrons. The van der Waals surface area contributed by atoms with Crippen molar-refractivity contribution in [3.05, 3.63) is 87.8 Å². The smallest absolute Gasteiger partial charge is 0.262 e. The third-order valence-corrected chi connectivity index (χ3v) is 6.33. The van der Waals surface area contributed by atoms with Gasteiger partial charge in [0.2, 0.25) is 4.80 Å². The number of anilines is 1. The van der Waals surface area contributed by atoms with Crippen molar-refractivity contribution in [2.24, 2.45) is 10.1 Å². The van der Waals surface area contributed by atoms with Crippen LogP contribution in [0.1, 0.15) is 23.6 Å². The van der Waals surface area contributed by atoms with E-state index < -0.39 is 0 Å². The summed E-state index contributed by atoms with van der Waals surface area (Å²) < 4.78 is 7.37. The van der Waals surface area contributed by atoms with E-state index in [9.17, 15) is 4.79 Å². The quantitative estimate of drug-likeness (QED) is 0.424. The summed E-state index contributed by atoms with van der Waals surface area (Å²) in [6.45, 7) is 6.12. The molecule has 0 bridgehead atoms. The van der Waals surface area contributed by atoms with E-state index in [1.165, 1.54) is 16.9 Å². The van der Waals surface area contributed by atoms with Crippen LogP contribution in [0.15, 0.2) is 76.4 Å². The Bertz CT molecular complexity index is 1480. The third kappa shape index (κ3) is 4.40. The zero-order chi connectivity index (χ0) is 23.7. The second-order valence-corrected chi connectivity index (χ2v) is 8.92. The highest BCUT2D eigenvalue weighted by Gasteiger charge is 2.18. The van der Waals surface area contributed by atoms with Gasteiger partial charge < -0.3 is 10.1 Å². The molecule has 0 fully saturated rings. The van der Waals surface area contributed by atoms with Gasteiger partial charge in [0.25, 0.3) is 5.91 Å². The zero-order valence-corrected chi connectivity index (χ0v) is 19.9. The summed E-state index contributed by atoms with van der Waals surface area (Å²) in [7, 11) is 0. The maximum atomic E-state index is 11.8.